The first-order valence-corrected chi connectivity index (χ1v) is 8.13. The Kier molecular flexibility index (Phi) is 6.05. The molecular formula is C16H22BrNO2. The summed E-state index contributed by atoms with van der Waals surface area (Å²) in [6.45, 7) is 3.22. The molecule has 0 bridgehead atoms. The largest absolute Gasteiger partial charge is 0.466 e. The Hall–Kier alpha value is -0.870. The summed E-state index contributed by atoms with van der Waals surface area (Å²) < 4.78 is 6.24. The summed E-state index contributed by atoms with van der Waals surface area (Å²) in [5.41, 5.74) is 1.28. The standard InChI is InChI=1S/C16H22BrNO2/c1-2-20-16(19)12-7-9-14(10-8-12)18-11-13-5-3-4-6-15(13)17/h3-6,12,14,18H,2,7-11H2,1H3. The van der Waals surface area contributed by atoms with Crippen molar-refractivity contribution in [3.05, 3.63) is 34.3 Å². The van der Waals surface area contributed by atoms with Gasteiger partial charge in [0.1, 0.15) is 0 Å². The fourth-order valence-corrected chi connectivity index (χ4v) is 3.11. The molecule has 1 aromatic rings. The lowest BCUT2D eigenvalue weighted by molar-refractivity contribution is -0.149. The maximum absolute atomic E-state index is 11.7. The average molecular weight is 340 g/mol. The predicted molar refractivity (Wildman–Crippen MR) is 83.4 cm³/mol. The van der Waals surface area contributed by atoms with Crippen molar-refractivity contribution >= 4 is 21.9 Å². The van der Waals surface area contributed by atoms with Crippen LogP contribution in [0.3, 0.4) is 0 Å². The average Bonchev–Trinajstić information content (AvgIpc) is 2.47. The lowest BCUT2D eigenvalue weighted by Crippen LogP contribution is -2.35. The first-order valence-electron chi connectivity index (χ1n) is 7.34. The minimum Gasteiger partial charge on any atom is -0.466 e. The molecule has 0 aliphatic heterocycles. The highest BCUT2D eigenvalue weighted by Gasteiger charge is 2.26. The van der Waals surface area contributed by atoms with Crippen LogP contribution in [0.25, 0.3) is 0 Å². The molecule has 1 fully saturated rings. The molecule has 0 radical (unpaired) electrons. The van der Waals surface area contributed by atoms with Crippen molar-refractivity contribution in [1.82, 2.24) is 5.32 Å². The fourth-order valence-electron chi connectivity index (χ4n) is 2.69. The van der Waals surface area contributed by atoms with Crippen molar-refractivity contribution in [2.45, 2.75) is 45.2 Å². The quantitative estimate of drug-likeness (QED) is 0.832. The van der Waals surface area contributed by atoms with Gasteiger partial charge in [-0.3, -0.25) is 4.79 Å². The van der Waals surface area contributed by atoms with E-state index >= 15 is 0 Å². The van der Waals surface area contributed by atoms with E-state index in [1.165, 1.54) is 5.56 Å². The zero-order valence-electron chi connectivity index (χ0n) is 11.9. The molecule has 110 valence electrons. The fraction of sp³-hybridized carbons (Fsp3) is 0.562. The Bertz CT molecular complexity index is 442. The Balaban J connectivity index is 1.75. The summed E-state index contributed by atoms with van der Waals surface area (Å²) in [4.78, 5) is 11.7. The highest BCUT2D eigenvalue weighted by atomic mass is 79.9. The summed E-state index contributed by atoms with van der Waals surface area (Å²) >= 11 is 3.57. The molecule has 0 aromatic heterocycles. The molecule has 0 atom stereocenters. The third-order valence-corrected chi connectivity index (χ3v) is 4.66. The summed E-state index contributed by atoms with van der Waals surface area (Å²) in [6.07, 6.45) is 3.97. The highest BCUT2D eigenvalue weighted by Crippen LogP contribution is 2.26. The number of hydrogen-bond donors (Lipinski definition) is 1. The van der Waals surface area contributed by atoms with Crippen molar-refractivity contribution in [3.8, 4) is 0 Å². The number of nitrogens with one attached hydrogen (secondary N) is 1. The van der Waals surface area contributed by atoms with Gasteiger partial charge in [-0.2, -0.15) is 0 Å². The first kappa shape index (κ1) is 15.5. The number of hydrogen-bond acceptors (Lipinski definition) is 3. The minimum atomic E-state index is -0.0169. The van der Waals surface area contributed by atoms with E-state index in [0.29, 0.717) is 12.6 Å². The van der Waals surface area contributed by atoms with E-state index in [1.54, 1.807) is 0 Å². The molecule has 1 N–H and O–H groups in total. The van der Waals surface area contributed by atoms with E-state index in [2.05, 4.69) is 39.4 Å². The van der Waals surface area contributed by atoms with Gasteiger partial charge in [0.15, 0.2) is 0 Å². The summed E-state index contributed by atoms with van der Waals surface area (Å²) in [7, 11) is 0. The first-order chi connectivity index (χ1) is 9.70. The van der Waals surface area contributed by atoms with Crippen molar-refractivity contribution in [3.63, 3.8) is 0 Å². The van der Waals surface area contributed by atoms with Crippen molar-refractivity contribution in [2.75, 3.05) is 6.61 Å². The van der Waals surface area contributed by atoms with E-state index in [0.717, 1.165) is 36.7 Å². The Labute approximate surface area is 129 Å². The topological polar surface area (TPSA) is 38.3 Å². The second kappa shape index (κ2) is 7.79. The van der Waals surface area contributed by atoms with Crippen LogP contribution in [0.4, 0.5) is 0 Å². The van der Waals surface area contributed by atoms with Gasteiger partial charge in [0.05, 0.1) is 12.5 Å². The smallest absolute Gasteiger partial charge is 0.308 e. The molecule has 1 aromatic carbocycles. The van der Waals surface area contributed by atoms with Gasteiger partial charge in [-0.15, -0.1) is 0 Å². The van der Waals surface area contributed by atoms with Crippen LogP contribution in [-0.4, -0.2) is 18.6 Å². The summed E-state index contributed by atoms with van der Waals surface area (Å²) in [5, 5.41) is 3.59. The van der Waals surface area contributed by atoms with Gasteiger partial charge < -0.3 is 10.1 Å². The molecule has 1 saturated carbocycles. The zero-order chi connectivity index (χ0) is 14.4. The van der Waals surface area contributed by atoms with Gasteiger partial charge in [-0.25, -0.2) is 0 Å². The second-order valence-corrected chi connectivity index (χ2v) is 6.13. The van der Waals surface area contributed by atoms with Crippen LogP contribution in [0.15, 0.2) is 28.7 Å². The van der Waals surface area contributed by atoms with E-state index in [1.807, 2.05) is 13.0 Å². The molecule has 0 saturated heterocycles. The Morgan fingerprint density at radius 2 is 2.00 bits per heavy atom. The second-order valence-electron chi connectivity index (χ2n) is 5.27. The normalized spacial score (nSPS) is 22.5. The molecule has 0 unspecified atom stereocenters. The Morgan fingerprint density at radius 1 is 1.30 bits per heavy atom. The SMILES string of the molecule is CCOC(=O)C1CCC(NCc2ccccc2Br)CC1. The molecule has 0 amide bonds. The van der Waals surface area contributed by atoms with Gasteiger partial charge in [0, 0.05) is 17.1 Å². The van der Waals surface area contributed by atoms with Gasteiger partial charge in [0.25, 0.3) is 0 Å². The van der Waals surface area contributed by atoms with E-state index in [9.17, 15) is 4.79 Å². The van der Waals surface area contributed by atoms with Crippen LogP contribution in [0.5, 0.6) is 0 Å². The van der Waals surface area contributed by atoms with Crippen LogP contribution < -0.4 is 5.32 Å². The van der Waals surface area contributed by atoms with Crippen LogP contribution in [0.1, 0.15) is 38.2 Å². The van der Waals surface area contributed by atoms with Crippen LogP contribution in [0, 0.1) is 5.92 Å². The van der Waals surface area contributed by atoms with Crippen molar-refractivity contribution < 1.29 is 9.53 Å². The Morgan fingerprint density at radius 3 is 2.65 bits per heavy atom. The third-order valence-electron chi connectivity index (χ3n) is 3.89. The van der Waals surface area contributed by atoms with Crippen LogP contribution in [-0.2, 0) is 16.1 Å². The molecular weight excluding hydrogens is 318 g/mol. The number of ether oxygens (including phenoxy) is 1. The molecule has 1 aliphatic rings. The predicted octanol–water partition coefficient (Wildman–Crippen LogP) is 3.66. The number of carbonyl (C=O) groups excluding carboxylic acids is 1. The van der Waals surface area contributed by atoms with Gasteiger partial charge in [-0.1, -0.05) is 34.1 Å². The van der Waals surface area contributed by atoms with Crippen LogP contribution >= 0.6 is 15.9 Å². The van der Waals surface area contributed by atoms with E-state index in [4.69, 9.17) is 4.74 Å². The van der Waals surface area contributed by atoms with Gasteiger partial charge in [-0.05, 0) is 44.2 Å². The monoisotopic (exact) mass is 339 g/mol. The molecule has 1 aliphatic carbocycles. The van der Waals surface area contributed by atoms with E-state index < -0.39 is 0 Å². The van der Waals surface area contributed by atoms with Gasteiger partial charge >= 0.3 is 5.97 Å². The molecule has 2 rings (SSSR count). The lowest BCUT2D eigenvalue weighted by Gasteiger charge is -2.28. The highest BCUT2D eigenvalue weighted by molar-refractivity contribution is 9.10. The minimum absolute atomic E-state index is 0.0169. The number of carbonyl (C=O) groups is 1. The molecule has 3 nitrogen and oxygen atoms in total. The third kappa shape index (κ3) is 4.32. The van der Waals surface area contributed by atoms with Crippen molar-refractivity contribution in [2.24, 2.45) is 5.92 Å². The summed E-state index contributed by atoms with van der Waals surface area (Å²) in [5.74, 6) is 0.0909. The summed E-state index contributed by atoms with van der Waals surface area (Å²) in [6, 6.07) is 8.78. The number of benzene rings is 1. The lowest BCUT2D eigenvalue weighted by atomic mass is 9.86. The molecule has 4 heteroatoms. The number of rotatable bonds is 5. The maximum atomic E-state index is 11.7. The molecule has 0 spiro atoms. The van der Waals surface area contributed by atoms with Crippen molar-refractivity contribution in [1.29, 1.82) is 0 Å². The maximum Gasteiger partial charge on any atom is 0.308 e. The molecule has 0 heterocycles. The molecule has 20 heavy (non-hydrogen) atoms. The number of esters is 1. The number of halogens is 1. The van der Waals surface area contributed by atoms with Crippen LogP contribution in [0.2, 0.25) is 0 Å². The zero-order valence-corrected chi connectivity index (χ0v) is 13.5. The van der Waals surface area contributed by atoms with Gasteiger partial charge in [0.2, 0.25) is 0 Å². The van der Waals surface area contributed by atoms with E-state index in [-0.39, 0.29) is 11.9 Å².